The first-order chi connectivity index (χ1) is 8.09. The number of rotatable bonds is 6. The Labute approximate surface area is 108 Å². The van der Waals surface area contributed by atoms with E-state index in [2.05, 4.69) is 25.7 Å². The first-order valence-corrected chi connectivity index (χ1v) is 7.59. The van der Waals surface area contributed by atoms with Crippen LogP contribution in [0.15, 0.2) is 0 Å². The summed E-state index contributed by atoms with van der Waals surface area (Å²) in [5.74, 6) is 0.828. The molecule has 0 saturated carbocycles. The molecule has 0 aromatic rings. The maximum Gasteiger partial charge on any atom is 0.00670 e. The largest absolute Gasteiger partial charge is 0.328 e. The highest BCUT2D eigenvalue weighted by Crippen LogP contribution is 2.19. The zero-order valence-corrected chi connectivity index (χ0v) is 12.1. The quantitative estimate of drug-likeness (QED) is 0.771. The van der Waals surface area contributed by atoms with Crippen LogP contribution < -0.4 is 5.73 Å². The average Bonchev–Trinajstić information content (AvgIpc) is 2.44. The van der Waals surface area contributed by atoms with Gasteiger partial charge in [-0.2, -0.15) is 0 Å². The van der Waals surface area contributed by atoms with Crippen LogP contribution in [0.5, 0.6) is 0 Å². The summed E-state index contributed by atoms with van der Waals surface area (Å²) in [7, 11) is 0. The van der Waals surface area contributed by atoms with E-state index in [4.69, 9.17) is 5.73 Å². The van der Waals surface area contributed by atoms with Gasteiger partial charge < -0.3 is 10.6 Å². The van der Waals surface area contributed by atoms with E-state index in [0.29, 0.717) is 6.04 Å². The molecule has 0 bridgehead atoms. The number of nitrogens with two attached hydrogens (primary N) is 1. The number of hydrogen-bond acceptors (Lipinski definition) is 2. The molecule has 0 amide bonds. The zero-order valence-electron chi connectivity index (χ0n) is 12.1. The summed E-state index contributed by atoms with van der Waals surface area (Å²) in [5, 5.41) is 0. The minimum atomic E-state index is 0.374. The Morgan fingerprint density at radius 2 is 1.94 bits per heavy atom. The Morgan fingerprint density at radius 3 is 2.65 bits per heavy atom. The predicted molar refractivity (Wildman–Crippen MR) is 76.2 cm³/mol. The van der Waals surface area contributed by atoms with Crippen LogP contribution in [-0.2, 0) is 0 Å². The van der Waals surface area contributed by atoms with Gasteiger partial charge in [-0.25, -0.2) is 0 Å². The molecule has 0 aliphatic carbocycles. The number of hydrogen-bond donors (Lipinski definition) is 1. The second-order valence-electron chi connectivity index (χ2n) is 6.21. The van der Waals surface area contributed by atoms with E-state index >= 15 is 0 Å². The molecule has 2 N–H and O–H groups in total. The molecule has 3 atom stereocenters. The smallest absolute Gasteiger partial charge is 0.00670 e. The highest BCUT2D eigenvalue weighted by Gasteiger charge is 2.18. The topological polar surface area (TPSA) is 29.3 Å². The molecule has 1 aliphatic rings. The second kappa shape index (κ2) is 8.10. The van der Waals surface area contributed by atoms with Gasteiger partial charge in [0.05, 0.1) is 0 Å². The van der Waals surface area contributed by atoms with Crippen LogP contribution in [-0.4, -0.2) is 30.1 Å². The van der Waals surface area contributed by atoms with Crippen molar-refractivity contribution in [2.24, 2.45) is 11.7 Å². The van der Waals surface area contributed by atoms with Crippen LogP contribution in [0, 0.1) is 5.92 Å². The van der Waals surface area contributed by atoms with Crippen molar-refractivity contribution >= 4 is 0 Å². The lowest BCUT2D eigenvalue weighted by Gasteiger charge is -2.29. The molecule has 102 valence electrons. The summed E-state index contributed by atoms with van der Waals surface area (Å²) in [6.45, 7) is 9.53. The van der Waals surface area contributed by atoms with E-state index in [1.54, 1.807) is 0 Å². The van der Waals surface area contributed by atoms with Gasteiger partial charge in [-0.1, -0.05) is 26.2 Å². The van der Waals surface area contributed by atoms with Crippen LogP contribution in [0.4, 0.5) is 0 Å². The van der Waals surface area contributed by atoms with Gasteiger partial charge in [-0.05, 0) is 52.0 Å². The third-order valence-electron chi connectivity index (χ3n) is 4.09. The van der Waals surface area contributed by atoms with Gasteiger partial charge in [0.2, 0.25) is 0 Å². The fourth-order valence-electron chi connectivity index (χ4n) is 2.89. The van der Waals surface area contributed by atoms with Gasteiger partial charge in [0, 0.05) is 18.6 Å². The van der Waals surface area contributed by atoms with E-state index in [1.807, 2.05) is 0 Å². The summed E-state index contributed by atoms with van der Waals surface area (Å²) in [5.41, 5.74) is 5.80. The fraction of sp³-hybridized carbons (Fsp3) is 1.00. The first-order valence-electron chi connectivity index (χ1n) is 7.59. The van der Waals surface area contributed by atoms with Gasteiger partial charge in [0.25, 0.3) is 0 Å². The lowest BCUT2D eigenvalue weighted by Crippen LogP contribution is -2.36. The Balaban J connectivity index is 2.21. The van der Waals surface area contributed by atoms with Gasteiger partial charge in [0.15, 0.2) is 0 Å². The van der Waals surface area contributed by atoms with Crippen molar-refractivity contribution in [2.75, 3.05) is 13.1 Å². The molecule has 0 spiro atoms. The molecule has 1 rings (SSSR count). The SMILES string of the molecule is CC(N)CCCC(C)CN1CCCCCC1C. The normalized spacial score (nSPS) is 26.5. The molecule has 2 nitrogen and oxygen atoms in total. The first kappa shape index (κ1) is 15.0. The predicted octanol–water partition coefficient (Wildman–Crippen LogP) is 3.40. The monoisotopic (exact) mass is 240 g/mol. The molecule has 17 heavy (non-hydrogen) atoms. The minimum Gasteiger partial charge on any atom is -0.328 e. The summed E-state index contributed by atoms with van der Waals surface area (Å²) in [6.07, 6.45) is 9.46. The molecule has 1 fully saturated rings. The summed E-state index contributed by atoms with van der Waals surface area (Å²) < 4.78 is 0. The van der Waals surface area contributed by atoms with Gasteiger partial charge >= 0.3 is 0 Å². The second-order valence-corrected chi connectivity index (χ2v) is 6.21. The highest BCUT2D eigenvalue weighted by molar-refractivity contribution is 4.73. The lowest BCUT2D eigenvalue weighted by atomic mass is 10.0. The summed E-state index contributed by atoms with van der Waals surface area (Å²) in [6, 6.07) is 1.17. The highest BCUT2D eigenvalue weighted by atomic mass is 15.1. The lowest BCUT2D eigenvalue weighted by molar-refractivity contribution is 0.180. The van der Waals surface area contributed by atoms with Gasteiger partial charge in [0.1, 0.15) is 0 Å². The minimum absolute atomic E-state index is 0.374. The molecule has 1 aliphatic heterocycles. The Hall–Kier alpha value is -0.0800. The standard InChI is InChI=1S/C15H32N2/c1-13(8-7-9-14(2)16)12-17-11-6-4-5-10-15(17)3/h13-15H,4-12,16H2,1-3H3. The van der Waals surface area contributed by atoms with Crippen molar-refractivity contribution in [1.82, 2.24) is 4.90 Å². The van der Waals surface area contributed by atoms with Crippen LogP contribution in [0.25, 0.3) is 0 Å². The molecule has 0 aromatic carbocycles. The number of nitrogens with zero attached hydrogens (tertiary/aromatic N) is 1. The van der Waals surface area contributed by atoms with Crippen LogP contribution in [0.1, 0.15) is 65.7 Å². The maximum atomic E-state index is 5.80. The summed E-state index contributed by atoms with van der Waals surface area (Å²) >= 11 is 0. The molecule has 0 radical (unpaired) electrons. The molecule has 2 heteroatoms. The van der Waals surface area contributed by atoms with E-state index < -0.39 is 0 Å². The van der Waals surface area contributed by atoms with E-state index in [0.717, 1.165) is 12.0 Å². The molecule has 0 aromatic heterocycles. The van der Waals surface area contributed by atoms with E-state index in [9.17, 15) is 0 Å². The Morgan fingerprint density at radius 1 is 1.18 bits per heavy atom. The van der Waals surface area contributed by atoms with Gasteiger partial charge in [-0.3, -0.25) is 0 Å². The Kier molecular flexibility index (Phi) is 7.14. The van der Waals surface area contributed by atoms with Crippen molar-refractivity contribution in [3.05, 3.63) is 0 Å². The molecular weight excluding hydrogens is 208 g/mol. The maximum absolute atomic E-state index is 5.80. The third-order valence-corrected chi connectivity index (χ3v) is 4.09. The molecule has 1 saturated heterocycles. The molecule has 3 unspecified atom stereocenters. The number of likely N-dealkylation sites (tertiary alicyclic amines) is 1. The van der Waals surface area contributed by atoms with Crippen molar-refractivity contribution in [3.63, 3.8) is 0 Å². The Bertz CT molecular complexity index is 191. The molecular formula is C15H32N2. The van der Waals surface area contributed by atoms with Crippen molar-refractivity contribution in [3.8, 4) is 0 Å². The zero-order chi connectivity index (χ0) is 12.7. The average molecular weight is 240 g/mol. The van der Waals surface area contributed by atoms with Crippen molar-refractivity contribution < 1.29 is 0 Å². The van der Waals surface area contributed by atoms with Crippen molar-refractivity contribution in [1.29, 1.82) is 0 Å². The van der Waals surface area contributed by atoms with Crippen LogP contribution >= 0.6 is 0 Å². The third kappa shape index (κ3) is 6.42. The van der Waals surface area contributed by atoms with Gasteiger partial charge in [-0.15, -0.1) is 0 Å². The summed E-state index contributed by atoms with van der Waals surface area (Å²) in [4.78, 5) is 2.71. The van der Waals surface area contributed by atoms with E-state index in [-0.39, 0.29) is 0 Å². The molecule has 1 heterocycles. The fourth-order valence-corrected chi connectivity index (χ4v) is 2.89. The van der Waals surface area contributed by atoms with Crippen molar-refractivity contribution in [2.45, 2.75) is 77.8 Å². The van der Waals surface area contributed by atoms with Crippen LogP contribution in [0.2, 0.25) is 0 Å². The van der Waals surface area contributed by atoms with E-state index in [1.165, 1.54) is 58.0 Å². The van der Waals surface area contributed by atoms with Crippen LogP contribution in [0.3, 0.4) is 0 Å².